The van der Waals surface area contributed by atoms with Gasteiger partial charge in [0.1, 0.15) is 0 Å². The molecule has 0 saturated carbocycles. The number of carbonyl (C=O) groups is 1. The molecule has 5 nitrogen and oxygen atoms in total. The highest BCUT2D eigenvalue weighted by molar-refractivity contribution is 5.68. The molecule has 5 heteroatoms. The van der Waals surface area contributed by atoms with Crippen LogP contribution in [0.4, 0.5) is 0 Å². The van der Waals surface area contributed by atoms with E-state index < -0.39 is 12.0 Å². The van der Waals surface area contributed by atoms with Crippen molar-refractivity contribution in [2.75, 3.05) is 0 Å². The number of rotatable bonds is 3. The molecule has 0 aliphatic rings. The van der Waals surface area contributed by atoms with Crippen molar-refractivity contribution in [3.05, 3.63) is 23.3 Å². The Bertz CT molecular complexity index is 366. The Morgan fingerprint density at radius 1 is 1.47 bits per heavy atom. The monoisotopic (exact) mass is 211 g/mol. The lowest BCUT2D eigenvalue weighted by atomic mass is 10.0. The summed E-state index contributed by atoms with van der Waals surface area (Å²) in [5.41, 5.74) is 6.56. The summed E-state index contributed by atoms with van der Waals surface area (Å²) in [5, 5.41) is 27.1. The van der Waals surface area contributed by atoms with E-state index in [9.17, 15) is 15.0 Å². The van der Waals surface area contributed by atoms with Crippen LogP contribution in [-0.2, 0) is 4.79 Å². The molecule has 0 fully saturated rings. The number of carboxylic acids is 1. The fourth-order valence-electron chi connectivity index (χ4n) is 1.31. The first kappa shape index (κ1) is 11.3. The second kappa shape index (κ2) is 4.18. The second-order valence-corrected chi connectivity index (χ2v) is 3.41. The second-order valence-electron chi connectivity index (χ2n) is 3.41. The van der Waals surface area contributed by atoms with Gasteiger partial charge in [0.25, 0.3) is 0 Å². The van der Waals surface area contributed by atoms with Crippen LogP contribution >= 0.6 is 0 Å². The van der Waals surface area contributed by atoms with E-state index in [0.717, 1.165) is 0 Å². The van der Waals surface area contributed by atoms with E-state index in [0.29, 0.717) is 11.1 Å². The summed E-state index contributed by atoms with van der Waals surface area (Å²) in [4.78, 5) is 10.4. The predicted octanol–water partition coefficient (Wildman–Crippen LogP) is 0.881. The van der Waals surface area contributed by atoms with Gasteiger partial charge < -0.3 is 21.1 Å². The highest BCUT2D eigenvalue weighted by atomic mass is 16.4. The average Bonchev–Trinajstić information content (AvgIpc) is 2.12. The zero-order valence-corrected chi connectivity index (χ0v) is 8.27. The minimum Gasteiger partial charge on any atom is -0.504 e. The lowest BCUT2D eigenvalue weighted by Crippen LogP contribution is -2.15. The first-order valence-corrected chi connectivity index (χ1v) is 4.41. The molecule has 0 aromatic heterocycles. The molecule has 0 heterocycles. The van der Waals surface area contributed by atoms with Gasteiger partial charge in [-0.15, -0.1) is 0 Å². The number of aliphatic carboxylic acids is 1. The highest BCUT2D eigenvalue weighted by Crippen LogP contribution is 2.31. The number of nitrogens with two attached hydrogens (primary N) is 1. The SMILES string of the molecule is Cc1cc(C(N)CC(=O)O)cc(O)c1O. The van der Waals surface area contributed by atoms with Crippen molar-refractivity contribution in [1.82, 2.24) is 0 Å². The number of hydrogen-bond donors (Lipinski definition) is 4. The molecule has 1 aromatic rings. The summed E-state index contributed by atoms with van der Waals surface area (Å²) < 4.78 is 0. The fraction of sp³-hybridized carbons (Fsp3) is 0.300. The van der Waals surface area contributed by atoms with Crippen molar-refractivity contribution in [2.24, 2.45) is 5.73 Å². The largest absolute Gasteiger partial charge is 0.504 e. The van der Waals surface area contributed by atoms with Gasteiger partial charge in [-0.05, 0) is 24.1 Å². The molecule has 82 valence electrons. The van der Waals surface area contributed by atoms with E-state index >= 15 is 0 Å². The molecular weight excluding hydrogens is 198 g/mol. The normalized spacial score (nSPS) is 12.4. The summed E-state index contributed by atoms with van der Waals surface area (Å²) in [5.74, 6) is -1.50. The predicted molar refractivity (Wildman–Crippen MR) is 53.7 cm³/mol. The van der Waals surface area contributed by atoms with Crippen molar-refractivity contribution < 1.29 is 20.1 Å². The van der Waals surface area contributed by atoms with Gasteiger partial charge in [-0.2, -0.15) is 0 Å². The Balaban J connectivity index is 3.00. The van der Waals surface area contributed by atoms with Gasteiger partial charge in [-0.1, -0.05) is 6.07 Å². The summed E-state index contributed by atoms with van der Waals surface area (Å²) >= 11 is 0. The minimum absolute atomic E-state index is 0.207. The first-order valence-electron chi connectivity index (χ1n) is 4.41. The molecule has 1 atom stereocenters. The first-order chi connectivity index (χ1) is 6.91. The number of aromatic hydroxyl groups is 2. The third-order valence-corrected chi connectivity index (χ3v) is 2.13. The van der Waals surface area contributed by atoms with Gasteiger partial charge in [-0.25, -0.2) is 0 Å². The lowest BCUT2D eigenvalue weighted by Gasteiger charge is -2.12. The van der Waals surface area contributed by atoms with E-state index in [1.54, 1.807) is 13.0 Å². The van der Waals surface area contributed by atoms with Crippen molar-refractivity contribution >= 4 is 5.97 Å². The van der Waals surface area contributed by atoms with Crippen molar-refractivity contribution in [1.29, 1.82) is 0 Å². The highest BCUT2D eigenvalue weighted by Gasteiger charge is 2.14. The number of phenolic OH excluding ortho intramolecular Hbond substituents is 2. The van der Waals surface area contributed by atoms with Gasteiger partial charge >= 0.3 is 5.97 Å². The Kier molecular flexibility index (Phi) is 3.16. The smallest absolute Gasteiger partial charge is 0.305 e. The van der Waals surface area contributed by atoms with Gasteiger partial charge in [0, 0.05) is 6.04 Å². The van der Waals surface area contributed by atoms with Crippen LogP contribution in [0.1, 0.15) is 23.6 Å². The minimum atomic E-state index is -1.01. The molecule has 0 aliphatic carbocycles. The Morgan fingerprint density at radius 2 is 2.07 bits per heavy atom. The molecule has 0 saturated heterocycles. The quantitative estimate of drug-likeness (QED) is 0.555. The zero-order chi connectivity index (χ0) is 11.6. The van der Waals surface area contributed by atoms with Gasteiger partial charge in [-0.3, -0.25) is 4.79 Å². The van der Waals surface area contributed by atoms with Gasteiger partial charge in [0.05, 0.1) is 6.42 Å². The van der Waals surface area contributed by atoms with E-state index in [-0.39, 0.29) is 17.9 Å². The molecule has 1 aromatic carbocycles. The average molecular weight is 211 g/mol. The molecular formula is C10H13NO4. The summed E-state index contributed by atoms with van der Waals surface area (Å²) in [6, 6.07) is 2.14. The number of benzene rings is 1. The Hall–Kier alpha value is -1.75. The summed E-state index contributed by atoms with van der Waals surface area (Å²) in [6.45, 7) is 1.60. The summed E-state index contributed by atoms with van der Waals surface area (Å²) in [7, 11) is 0. The third kappa shape index (κ3) is 2.60. The molecule has 5 N–H and O–H groups in total. The van der Waals surface area contributed by atoms with Crippen molar-refractivity contribution in [3.8, 4) is 11.5 Å². The van der Waals surface area contributed by atoms with Crippen LogP contribution in [0.25, 0.3) is 0 Å². The topological polar surface area (TPSA) is 104 Å². The van der Waals surface area contributed by atoms with Crippen molar-refractivity contribution in [2.45, 2.75) is 19.4 Å². The molecule has 0 radical (unpaired) electrons. The van der Waals surface area contributed by atoms with E-state index in [2.05, 4.69) is 0 Å². The molecule has 1 rings (SSSR count). The Labute approximate surface area is 86.8 Å². The zero-order valence-electron chi connectivity index (χ0n) is 8.27. The maximum Gasteiger partial charge on any atom is 0.305 e. The van der Waals surface area contributed by atoms with Crippen LogP contribution in [0.3, 0.4) is 0 Å². The molecule has 15 heavy (non-hydrogen) atoms. The number of hydrogen-bond acceptors (Lipinski definition) is 4. The maximum absolute atomic E-state index is 10.4. The van der Waals surface area contributed by atoms with Crippen molar-refractivity contribution in [3.63, 3.8) is 0 Å². The van der Waals surface area contributed by atoms with Crippen LogP contribution in [0, 0.1) is 6.92 Å². The lowest BCUT2D eigenvalue weighted by molar-refractivity contribution is -0.137. The van der Waals surface area contributed by atoms with Gasteiger partial charge in [0.2, 0.25) is 0 Å². The summed E-state index contributed by atoms with van der Waals surface area (Å²) in [6.07, 6.45) is -0.219. The van der Waals surface area contributed by atoms with E-state index in [1.165, 1.54) is 6.07 Å². The number of phenols is 2. The van der Waals surface area contributed by atoms with Crippen LogP contribution in [0.2, 0.25) is 0 Å². The third-order valence-electron chi connectivity index (χ3n) is 2.13. The number of carboxylic acid groups (broad SMARTS) is 1. The molecule has 0 spiro atoms. The standard InChI is InChI=1S/C10H13NO4/c1-5-2-6(3-8(12)10(5)15)7(11)4-9(13)14/h2-3,7,12,15H,4,11H2,1H3,(H,13,14). The van der Waals surface area contributed by atoms with E-state index in [1.807, 2.05) is 0 Å². The molecule has 0 bridgehead atoms. The van der Waals surface area contributed by atoms with Gasteiger partial charge in [0.15, 0.2) is 11.5 Å². The fourth-order valence-corrected chi connectivity index (χ4v) is 1.31. The van der Waals surface area contributed by atoms with E-state index in [4.69, 9.17) is 10.8 Å². The Morgan fingerprint density at radius 3 is 2.53 bits per heavy atom. The van der Waals surface area contributed by atoms with Crippen LogP contribution in [-0.4, -0.2) is 21.3 Å². The molecule has 0 aliphatic heterocycles. The number of aryl methyl sites for hydroxylation is 1. The van der Waals surface area contributed by atoms with Crippen LogP contribution in [0.5, 0.6) is 11.5 Å². The van der Waals surface area contributed by atoms with Crippen LogP contribution < -0.4 is 5.73 Å². The molecule has 0 amide bonds. The molecule has 1 unspecified atom stereocenters. The van der Waals surface area contributed by atoms with Crippen LogP contribution in [0.15, 0.2) is 12.1 Å². The maximum atomic E-state index is 10.4.